The summed E-state index contributed by atoms with van der Waals surface area (Å²) in [4.78, 5) is 2.68. The predicted molar refractivity (Wildman–Crippen MR) is 62.3 cm³/mol. The standard InChI is InChI=1S/C11H11N3OS/c1-2-4-9-8(3-1)5-6-10(9)15-11-7-16-14-13-12-11/h1-4,7,10H,5-6H2,(H,12,14). The normalized spacial score (nSPS) is 22.2. The van der Waals surface area contributed by atoms with Crippen LogP contribution in [0.25, 0.3) is 0 Å². The lowest BCUT2D eigenvalue weighted by Gasteiger charge is -2.15. The first-order valence-electron chi connectivity index (χ1n) is 5.19. The minimum absolute atomic E-state index is 0.125. The van der Waals surface area contributed by atoms with E-state index in [0.717, 1.165) is 12.8 Å². The average molecular weight is 233 g/mol. The molecule has 3 rings (SSSR count). The van der Waals surface area contributed by atoms with Gasteiger partial charge in [0.05, 0.1) is 5.41 Å². The molecule has 0 bridgehead atoms. The Morgan fingerprint density at radius 3 is 3.19 bits per heavy atom. The SMILES string of the molecule is C1=C(OC2CCc3ccccc32)N=NNS1. The van der Waals surface area contributed by atoms with Crippen LogP contribution < -0.4 is 4.83 Å². The number of nitrogens with one attached hydrogen (secondary N) is 1. The lowest BCUT2D eigenvalue weighted by atomic mass is 10.1. The zero-order chi connectivity index (χ0) is 10.8. The largest absolute Gasteiger partial charge is 0.468 e. The highest BCUT2D eigenvalue weighted by Crippen LogP contribution is 2.35. The van der Waals surface area contributed by atoms with Gasteiger partial charge in [-0.25, -0.2) is 4.83 Å². The van der Waals surface area contributed by atoms with Gasteiger partial charge in [0.2, 0.25) is 5.88 Å². The summed E-state index contributed by atoms with van der Waals surface area (Å²) in [6.45, 7) is 0. The van der Waals surface area contributed by atoms with E-state index in [0.29, 0.717) is 5.88 Å². The van der Waals surface area contributed by atoms with Gasteiger partial charge in [-0.1, -0.05) is 34.6 Å². The zero-order valence-electron chi connectivity index (χ0n) is 8.59. The monoisotopic (exact) mass is 233 g/mol. The van der Waals surface area contributed by atoms with E-state index in [9.17, 15) is 0 Å². The van der Waals surface area contributed by atoms with Gasteiger partial charge in [0.25, 0.3) is 0 Å². The van der Waals surface area contributed by atoms with Gasteiger partial charge in [0, 0.05) is 11.9 Å². The number of hydrogen-bond donors (Lipinski definition) is 1. The molecule has 5 heteroatoms. The van der Waals surface area contributed by atoms with Crippen LogP contribution in [0.3, 0.4) is 0 Å². The number of nitrogens with zero attached hydrogens (tertiary/aromatic N) is 2. The minimum Gasteiger partial charge on any atom is -0.468 e. The molecule has 0 aromatic heterocycles. The van der Waals surface area contributed by atoms with Crippen molar-refractivity contribution in [1.29, 1.82) is 0 Å². The van der Waals surface area contributed by atoms with Crippen LogP contribution in [0.4, 0.5) is 0 Å². The molecule has 16 heavy (non-hydrogen) atoms. The quantitative estimate of drug-likeness (QED) is 0.798. The van der Waals surface area contributed by atoms with Crippen LogP contribution in [-0.4, -0.2) is 0 Å². The molecule has 1 atom stereocenters. The topological polar surface area (TPSA) is 46.0 Å². The molecule has 1 unspecified atom stereocenters. The molecule has 0 amide bonds. The molecule has 1 heterocycles. The lowest BCUT2D eigenvalue weighted by Crippen LogP contribution is -2.02. The molecule has 1 aliphatic carbocycles. The molecule has 2 aliphatic rings. The zero-order valence-corrected chi connectivity index (χ0v) is 9.41. The summed E-state index contributed by atoms with van der Waals surface area (Å²) >= 11 is 1.37. The fourth-order valence-corrected chi connectivity index (χ4v) is 2.38. The first kappa shape index (κ1) is 9.72. The van der Waals surface area contributed by atoms with Crippen LogP contribution in [0.2, 0.25) is 0 Å². The van der Waals surface area contributed by atoms with Crippen LogP contribution in [0.1, 0.15) is 23.7 Å². The van der Waals surface area contributed by atoms with Gasteiger partial charge >= 0.3 is 0 Å². The highest BCUT2D eigenvalue weighted by molar-refractivity contribution is 8.00. The van der Waals surface area contributed by atoms with Crippen LogP contribution in [0.5, 0.6) is 0 Å². The molecule has 0 saturated heterocycles. The molecule has 4 nitrogen and oxygen atoms in total. The van der Waals surface area contributed by atoms with Gasteiger partial charge in [-0.15, -0.1) is 0 Å². The van der Waals surface area contributed by atoms with Crippen molar-refractivity contribution < 1.29 is 4.74 Å². The highest BCUT2D eigenvalue weighted by Gasteiger charge is 2.24. The van der Waals surface area contributed by atoms with Gasteiger partial charge in [0.1, 0.15) is 6.10 Å². The molecule has 0 spiro atoms. The summed E-state index contributed by atoms with van der Waals surface area (Å²) in [6.07, 6.45) is 2.22. The van der Waals surface area contributed by atoms with E-state index in [1.54, 1.807) is 0 Å². The van der Waals surface area contributed by atoms with E-state index in [1.807, 2.05) is 11.5 Å². The lowest BCUT2D eigenvalue weighted by molar-refractivity contribution is 0.114. The van der Waals surface area contributed by atoms with Crippen LogP contribution in [-0.2, 0) is 11.2 Å². The van der Waals surface area contributed by atoms with Crippen molar-refractivity contribution in [3.63, 3.8) is 0 Å². The Morgan fingerprint density at radius 1 is 1.38 bits per heavy atom. The summed E-state index contributed by atoms with van der Waals surface area (Å²) in [5.41, 5.74) is 2.66. The maximum Gasteiger partial charge on any atom is 0.244 e. The summed E-state index contributed by atoms with van der Waals surface area (Å²) in [5.74, 6) is 0.588. The third-order valence-electron chi connectivity index (χ3n) is 2.74. The van der Waals surface area contributed by atoms with Crippen LogP contribution in [0, 0.1) is 0 Å². The molecular weight excluding hydrogens is 222 g/mol. The summed E-state index contributed by atoms with van der Waals surface area (Å²) in [7, 11) is 0. The smallest absolute Gasteiger partial charge is 0.244 e. The highest BCUT2D eigenvalue weighted by atomic mass is 32.2. The Bertz CT molecular complexity index is 458. The van der Waals surface area contributed by atoms with E-state index in [-0.39, 0.29) is 6.10 Å². The van der Waals surface area contributed by atoms with Gasteiger partial charge in [-0.05, 0) is 24.0 Å². The summed E-state index contributed by atoms with van der Waals surface area (Å²) in [6, 6.07) is 8.40. The van der Waals surface area contributed by atoms with Crippen molar-refractivity contribution in [1.82, 2.24) is 4.83 Å². The number of aryl methyl sites for hydroxylation is 1. The maximum absolute atomic E-state index is 5.82. The molecule has 82 valence electrons. The fraction of sp³-hybridized carbons (Fsp3) is 0.273. The summed E-state index contributed by atoms with van der Waals surface area (Å²) < 4.78 is 5.82. The van der Waals surface area contributed by atoms with Crippen molar-refractivity contribution in [2.24, 2.45) is 10.3 Å². The molecule has 1 N–H and O–H groups in total. The first-order chi connectivity index (χ1) is 7.93. The van der Waals surface area contributed by atoms with Gasteiger partial charge < -0.3 is 4.74 Å². The second-order valence-corrected chi connectivity index (χ2v) is 4.36. The van der Waals surface area contributed by atoms with Gasteiger partial charge in [-0.2, -0.15) is 0 Å². The maximum atomic E-state index is 5.82. The number of benzene rings is 1. The number of fused-ring (bicyclic) bond motifs is 1. The molecular formula is C11H11N3OS. The first-order valence-corrected chi connectivity index (χ1v) is 6.07. The van der Waals surface area contributed by atoms with Gasteiger partial charge in [0.15, 0.2) is 0 Å². The second-order valence-electron chi connectivity index (χ2n) is 3.71. The molecule has 0 fully saturated rings. The molecule has 0 radical (unpaired) electrons. The van der Waals surface area contributed by atoms with Crippen molar-refractivity contribution in [3.05, 3.63) is 46.7 Å². The van der Waals surface area contributed by atoms with E-state index in [1.165, 1.54) is 23.1 Å². The van der Waals surface area contributed by atoms with Crippen molar-refractivity contribution in [2.75, 3.05) is 0 Å². The number of ether oxygens (including phenoxy) is 1. The molecule has 0 saturated carbocycles. The Kier molecular flexibility index (Phi) is 2.53. The fourth-order valence-electron chi connectivity index (χ4n) is 2.03. The third-order valence-corrected chi connectivity index (χ3v) is 3.25. The van der Waals surface area contributed by atoms with E-state index >= 15 is 0 Å². The Labute approximate surface area is 97.9 Å². The Morgan fingerprint density at radius 2 is 2.31 bits per heavy atom. The van der Waals surface area contributed by atoms with Crippen molar-refractivity contribution in [2.45, 2.75) is 18.9 Å². The number of hydrogen-bond acceptors (Lipinski definition) is 5. The van der Waals surface area contributed by atoms with Crippen molar-refractivity contribution >= 4 is 11.9 Å². The van der Waals surface area contributed by atoms with E-state index in [2.05, 4.69) is 33.4 Å². The third kappa shape index (κ3) is 1.78. The molecule has 1 aromatic rings. The summed E-state index contributed by atoms with van der Waals surface area (Å²) in [5, 5.41) is 9.43. The van der Waals surface area contributed by atoms with Crippen molar-refractivity contribution in [3.8, 4) is 0 Å². The van der Waals surface area contributed by atoms with E-state index < -0.39 is 0 Å². The van der Waals surface area contributed by atoms with Crippen LogP contribution in [0.15, 0.2) is 45.9 Å². The van der Waals surface area contributed by atoms with E-state index in [4.69, 9.17) is 4.74 Å². The molecule has 1 aromatic carbocycles. The van der Waals surface area contributed by atoms with Gasteiger partial charge in [-0.3, -0.25) is 0 Å². The molecule has 1 aliphatic heterocycles. The minimum atomic E-state index is 0.125. The average Bonchev–Trinajstić information content (AvgIpc) is 2.74. The Hall–Kier alpha value is -1.49. The number of rotatable bonds is 2. The predicted octanol–water partition coefficient (Wildman–Crippen LogP) is 3.11. The van der Waals surface area contributed by atoms with Crippen LogP contribution >= 0.6 is 11.9 Å². The Balaban J connectivity index is 1.78. The second kappa shape index (κ2) is 4.17.